The van der Waals surface area contributed by atoms with Gasteiger partial charge in [0.2, 0.25) is 0 Å². The highest BCUT2D eigenvalue weighted by molar-refractivity contribution is 9.10. The average Bonchev–Trinajstić information content (AvgIpc) is 2.73. The van der Waals surface area contributed by atoms with Gasteiger partial charge >= 0.3 is 0 Å². The molecule has 28 heavy (non-hydrogen) atoms. The van der Waals surface area contributed by atoms with Crippen LogP contribution in [0.1, 0.15) is 29.7 Å². The summed E-state index contributed by atoms with van der Waals surface area (Å²) in [5, 5.41) is 13.4. The van der Waals surface area contributed by atoms with Crippen molar-refractivity contribution in [3.63, 3.8) is 0 Å². The van der Waals surface area contributed by atoms with Crippen molar-refractivity contribution in [2.75, 3.05) is 12.4 Å². The lowest BCUT2D eigenvalue weighted by Crippen LogP contribution is -2.12. The Morgan fingerprint density at radius 3 is 2.61 bits per heavy atom. The van der Waals surface area contributed by atoms with Crippen LogP contribution in [0, 0.1) is 11.3 Å². The number of fused-ring (bicyclic) bond motifs is 1. The third-order valence-electron chi connectivity index (χ3n) is 5.05. The summed E-state index contributed by atoms with van der Waals surface area (Å²) in [4.78, 5) is 4.86. The molecule has 0 aliphatic heterocycles. The van der Waals surface area contributed by atoms with Crippen LogP contribution in [0.5, 0.6) is 5.75 Å². The summed E-state index contributed by atoms with van der Waals surface area (Å²) in [6, 6.07) is 18.2. The lowest BCUT2D eigenvalue weighted by Gasteiger charge is -2.22. The number of methoxy groups -OCH3 is 1. The van der Waals surface area contributed by atoms with Crippen LogP contribution >= 0.6 is 15.9 Å². The smallest absolute Gasteiger partial charge is 0.149 e. The molecule has 0 bridgehead atoms. The first-order chi connectivity index (χ1) is 13.7. The van der Waals surface area contributed by atoms with E-state index in [4.69, 9.17) is 9.72 Å². The average molecular weight is 434 g/mol. The standard InChI is InChI=1S/C23H20BrN3O/c1-28-18-11-9-15(10-12-18)22-19-7-2-3-8-21(19)27-23(20(22)14-25)26-17-6-4-5-16(24)13-17/h4-6,9-13H,2-3,7-8H2,1H3,(H,26,27). The molecule has 0 atom stereocenters. The Morgan fingerprint density at radius 1 is 1.11 bits per heavy atom. The molecule has 0 radical (unpaired) electrons. The molecule has 5 heteroatoms. The van der Waals surface area contributed by atoms with Gasteiger partial charge in [-0.05, 0) is 67.1 Å². The minimum atomic E-state index is 0.589. The van der Waals surface area contributed by atoms with Crippen LogP contribution in [0.2, 0.25) is 0 Å². The highest BCUT2D eigenvalue weighted by Crippen LogP contribution is 2.38. The van der Waals surface area contributed by atoms with Gasteiger partial charge in [-0.25, -0.2) is 4.98 Å². The fourth-order valence-corrected chi connectivity index (χ4v) is 4.12. The molecule has 0 unspecified atom stereocenters. The van der Waals surface area contributed by atoms with Gasteiger partial charge < -0.3 is 10.1 Å². The van der Waals surface area contributed by atoms with E-state index in [1.807, 2.05) is 48.5 Å². The summed E-state index contributed by atoms with van der Waals surface area (Å²) in [7, 11) is 1.66. The van der Waals surface area contributed by atoms with Crippen LogP contribution in [0.25, 0.3) is 11.1 Å². The second-order valence-corrected chi connectivity index (χ2v) is 7.73. The zero-order valence-corrected chi connectivity index (χ0v) is 17.2. The SMILES string of the molecule is COc1ccc(-c2c(C#N)c(Nc3cccc(Br)c3)nc3c2CCCC3)cc1. The molecule has 2 aromatic carbocycles. The van der Waals surface area contributed by atoms with Crippen molar-refractivity contribution in [3.05, 3.63) is 69.8 Å². The maximum absolute atomic E-state index is 10.0. The third-order valence-corrected chi connectivity index (χ3v) is 5.55. The number of nitriles is 1. The summed E-state index contributed by atoms with van der Waals surface area (Å²) in [5.41, 5.74) is 5.80. The molecule has 0 amide bonds. The molecular formula is C23H20BrN3O. The first kappa shape index (κ1) is 18.5. The van der Waals surface area contributed by atoms with Gasteiger partial charge in [0.15, 0.2) is 0 Å². The van der Waals surface area contributed by atoms with E-state index in [0.717, 1.165) is 58.4 Å². The van der Waals surface area contributed by atoms with E-state index in [1.54, 1.807) is 7.11 Å². The highest BCUT2D eigenvalue weighted by atomic mass is 79.9. The number of anilines is 2. The third kappa shape index (κ3) is 3.61. The number of hydrogen-bond donors (Lipinski definition) is 1. The molecule has 1 N–H and O–H groups in total. The van der Waals surface area contributed by atoms with Gasteiger partial charge in [0.05, 0.1) is 7.11 Å². The Bertz CT molecular complexity index is 1050. The van der Waals surface area contributed by atoms with E-state index in [9.17, 15) is 5.26 Å². The first-order valence-electron chi connectivity index (χ1n) is 9.32. The number of nitrogens with one attached hydrogen (secondary N) is 1. The van der Waals surface area contributed by atoms with E-state index in [-0.39, 0.29) is 0 Å². The van der Waals surface area contributed by atoms with E-state index in [0.29, 0.717) is 11.4 Å². The number of nitrogens with zero attached hydrogens (tertiary/aromatic N) is 2. The van der Waals surface area contributed by atoms with Crippen LogP contribution in [0.15, 0.2) is 53.0 Å². The van der Waals surface area contributed by atoms with Crippen molar-refractivity contribution in [3.8, 4) is 22.9 Å². The first-order valence-corrected chi connectivity index (χ1v) is 10.1. The molecule has 1 aliphatic rings. The van der Waals surface area contributed by atoms with Crippen molar-refractivity contribution < 1.29 is 4.74 Å². The van der Waals surface area contributed by atoms with Crippen molar-refractivity contribution in [2.45, 2.75) is 25.7 Å². The largest absolute Gasteiger partial charge is 0.497 e. The minimum Gasteiger partial charge on any atom is -0.497 e. The normalized spacial score (nSPS) is 12.8. The summed E-state index contributed by atoms with van der Waals surface area (Å²) in [6.07, 6.45) is 4.15. The number of aromatic nitrogens is 1. The van der Waals surface area contributed by atoms with Gasteiger partial charge in [-0.3, -0.25) is 0 Å². The van der Waals surface area contributed by atoms with Gasteiger partial charge in [-0.2, -0.15) is 5.26 Å². The molecule has 1 heterocycles. The Morgan fingerprint density at radius 2 is 1.89 bits per heavy atom. The van der Waals surface area contributed by atoms with E-state index < -0.39 is 0 Å². The van der Waals surface area contributed by atoms with Crippen LogP contribution in [0.4, 0.5) is 11.5 Å². The number of halogens is 1. The van der Waals surface area contributed by atoms with E-state index >= 15 is 0 Å². The van der Waals surface area contributed by atoms with Crippen LogP contribution in [0.3, 0.4) is 0 Å². The predicted octanol–water partition coefficient (Wildman–Crippen LogP) is 6.01. The fourth-order valence-electron chi connectivity index (χ4n) is 3.72. The lowest BCUT2D eigenvalue weighted by molar-refractivity contribution is 0.415. The molecule has 0 saturated carbocycles. The topological polar surface area (TPSA) is 57.9 Å². The second kappa shape index (κ2) is 8.04. The number of benzene rings is 2. The molecule has 4 nitrogen and oxygen atoms in total. The van der Waals surface area contributed by atoms with Gasteiger partial charge in [0.1, 0.15) is 23.2 Å². The maximum Gasteiger partial charge on any atom is 0.149 e. The monoisotopic (exact) mass is 433 g/mol. The van der Waals surface area contributed by atoms with E-state index in [2.05, 4.69) is 27.3 Å². The zero-order valence-electron chi connectivity index (χ0n) is 15.6. The molecule has 1 aromatic heterocycles. The Hall–Kier alpha value is -2.84. The molecule has 0 fully saturated rings. The van der Waals surface area contributed by atoms with Gasteiger partial charge in [-0.1, -0.05) is 34.1 Å². The Balaban J connectivity index is 1.88. The molecular weight excluding hydrogens is 414 g/mol. The molecule has 0 spiro atoms. The lowest BCUT2D eigenvalue weighted by atomic mass is 9.86. The van der Waals surface area contributed by atoms with Gasteiger partial charge in [0.25, 0.3) is 0 Å². The number of ether oxygens (including phenoxy) is 1. The van der Waals surface area contributed by atoms with Crippen LogP contribution in [-0.2, 0) is 12.8 Å². The Labute approximate surface area is 173 Å². The molecule has 140 valence electrons. The Kier molecular flexibility index (Phi) is 5.31. The number of pyridine rings is 1. The van der Waals surface area contributed by atoms with Crippen molar-refractivity contribution in [1.29, 1.82) is 5.26 Å². The molecule has 4 rings (SSSR count). The van der Waals surface area contributed by atoms with Crippen molar-refractivity contribution >= 4 is 27.4 Å². The minimum absolute atomic E-state index is 0.589. The van der Waals surface area contributed by atoms with Crippen LogP contribution in [-0.4, -0.2) is 12.1 Å². The highest BCUT2D eigenvalue weighted by Gasteiger charge is 2.23. The summed E-state index contributed by atoms with van der Waals surface area (Å²) in [6.45, 7) is 0. The van der Waals surface area contributed by atoms with Crippen molar-refractivity contribution in [2.24, 2.45) is 0 Å². The zero-order chi connectivity index (χ0) is 19.5. The van der Waals surface area contributed by atoms with Crippen LogP contribution < -0.4 is 10.1 Å². The fraction of sp³-hybridized carbons (Fsp3) is 0.217. The number of rotatable bonds is 4. The maximum atomic E-state index is 10.0. The quantitative estimate of drug-likeness (QED) is 0.546. The number of hydrogen-bond acceptors (Lipinski definition) is 4. The second-order valence-electron chi connectivity index (χ2n) is 6.82. The number of aryl methyl sites for hydroxylation is 1. The summed E-state index contributed by atoms with van der Waals surface area (Å²) in [5.74, 6) is 1.42. The summed E-state index contributed by atoms with van der Waals surface area (Å²) < 4.78 is 6.27. The predicted molar refractivity (Wildman–Crippen MR) is 115 cm³/mol. The van der Waals surface area contributed by atoms with Gasteiger partial charge in [0, 0.05) is 21.4 Å². The van der Waals surface area contributed by atoms with Crippen molar-refractivity contribution in [1.82, 2.24) is 4.98 Å². The van der Waals surface area contributed by atoms with Gasteiger partial charge in [-0.15, -0.1) is 0 Å². The summed E-state index contributed by atoms with van der Waals surface area (Å²) >= 11 is 3.50. The molecule has 1 aliphatic carbocycles. The molecule has 3 aromatic rings. The molecule has 0 saturated heterocycles. The van der Waals surface area contributed by atoms with E-state index in [1.165, 1.54) is 5.56 Å².